The number of amides is 2. The Morgan fingerprint density at radius 1 is 1.26 bits per heavy atom. The Morgan fingerprint density at radius 2 is 1.93 bits per heavy atom. The SMILES string of the molecule is CC(C)NC(=O)N1[C@H](CO)[C@@H](c2ccccc2-c2ccc(F)cc2)[C@@H]1C#N. The lowest BCUT2D eigenvalue weighted by molar-refractivity contribution is 0.0164. The van der Waals surface area contributed by atoms with E-state index in [-0.39, 0.29) is 30.4 Å². The van der Waals surface area contributed by atoms with Gasteiger partial charge in [-0.05, 0) is 42.7 Å². The molecule has 1 heterocycles. The second kappa shape index (κ2) is 7.77. The molecule has 0 radical (unpaired) electrons. The summed E-state index contributed by atoms with van der Waals surface area (Å²) in [7, 11) is 0. The van der Waals surface area contributed by atoms with Gasteiger partial charge in [0.05, 0.1) is 18.7 Å². The third kappa shape index (κ3) is 3.51. The fraction of sp³-hybridized carbons (Fsp3) is 0.333. The van der Waals surface area contributed by atoms with Crippen molar-refractivity contribution in [1.29, 1.82) is 5.26 Å². The molecule has 27 heavy (non-hydrogen) atoms. The van der Waals surface area contributed by atoms with Crippen molar-refractivity contribution in [2.24, 2.45) is 0 Å². The number of aliphatic hydroxyl groups is 1. The Labute approximate surface area is 158 Å². The number of nitriles is 1. The van der Waals surface area contributed by atoms with Gasteiger partial charge in [-0.2, -0.15) is 5.26 Å². The lowest BCUT2D eigenvalue weighted by Crippen LogP contribution is -2.67. The van der Waals surface area contributed by atoms with Crippen molar-refractivity contribution in [3.05, 3.63) is 59.9 Å². The minimum atomic E-state index is -0.678. The molecule has 0 spiro atoms. The van der Waals surface area contributed by atoms with Gasteiger partial charge in [-0.3, -0.25) is 0 Å². The predicted molar refractivity (Wildman–Crippen MR) is 100 cm³/mol. The van der Waals surface area contributed by atoms with E-state index in [1.807, 2.05) is 38.1 Å². The minimum absolute atomic E-state index is 0.0678. The van der Waals surface area contributed by atoms with Crippen molar-refractivity contribution in [2.75, 3.05) is 6.61 Å². The third-order valence-corrected chi connectivity index (χ3v) is 4.85. The first-order valence-electron chi connectivity index (χ1n) is 8.92. The van der Waals surface area contributed by atoms with Crippen LogP contribution in [0.4, 0.5) is 9.18 Å². The highest BCUT2D eigenvalue weighted by molar-refractivity contribution is 5.78. The smallest absolute Gasteiger partial charge is 0.319 e. The van der Waals surface area contributed by atoms with Crippen molar-refractivity contribution < 1.29 is 14.3 Å². The number of hydrogen-bond donors (Lipinski definition) is 2. The molecule has 6 heteroatoms. The maximum atomic E-state index is 13.3. The van der Waals surface area contributed by atoms with Crippen LogP contribution in [0.2, 0.25) is 0 Å². The first-order chi connectivity index (χ1) is 13.0. The number of nitrogens with zero attached hydrogens (tertiary/aromatic N) is 2. The Balaban J connectivity index is 1.98. The van der Waals surface area contributed by atoms with Crippen LogP contribution in [-0.2, 0) is 0 Å². The lowest BCUT2D eigenvalue weighted by atomic mass is 9.73. The molecule has 5 nitrogen and oxygen atoms in total. The highest BCUT2D eigenvalue weighted by Gasteiger charge is 2.52. The summed E-state index contributed by atoms with van der Waals surface area (Å²) in [5.41, 5.74) is 2.55. The predicted octanol–water partition coefficient (Wildman–Crippen LogP) is 3.26. The molecule has 2 aromatic carbocycles. The molecule has 1 aliphatic rings. The number of carbonyl (C=O) groups is 1. The Bertz CT molecular complexity index is 860. The van der Waals surface area contributed by atoms with E-state index in [0.717, 1.165) is 16.7 Å². The third-order valence-electron chi connectivity index (χ3n) is 4.85. The molecule has 0 aliphatic carbocycles. The molecule has 2 N–H and O–H groups in total. The molecule has 1 aliphatic heterocycles. The largest absolute Gasteiger partial charge is 0.394 e. The van der Waals surface area contributed by atoms with E-state index in [9.17, 15) is 19.6 Å². The maximum Gasteiger partial charge on any atom is 0.319 e. The number of rotatable bonds is 4. The molecule has 0 saturated carbocycles. The molecular formula is C21H22FN3O2. The molecule has 0 aromatic heterocycles. The summed E-state index contributed by atoms with van der Waals surface area (Å²) in [5, 5.41) is 22.4. The summed E-state index contributed by atoms with van der Waals surface area (Å²) in [4.78, 5) is 13.9. The van der Waals surface area contributed by atoms with E-state index >= 15 is 0 Å². The van der Waals surface area contributed by atoms with Gasteiger partial charge in [0.1, 0.15) is 11.9 Å². The minimum Gasteiger partial charge on any atom is -0.394 e. The van der Waals surface area contributed by atoms with Crippen LogP contribution in [-0.4, -0.2) is 40.8 Å². The number of halogens is 1. The van der Waals surface area contributed by atoms with E-state index in [1.165, 1.54) is 17.0 Å². The Morgan fingerprint density at radius 3 is 2.52 bits per heavy atom. The van der Waals surface area contributed by atoms with Crippen molar-refractivity contribution in [3.63, 3.8) is 0 Å². The van der Waals surface area contributed by atoms with Crippen LogP contribution in [0.5, 0.6) is 0 Å². The first-order valence-corrected chi connectivity index (χ1v) is 8.92. The number of carbonyl (C=O) groups excluding carboxylic acids is 1. The summed E-state index contributed by atoms with van der Waals surface area (Å²) in [6, 6.07) is 14.3. The number of benzene rings is 2. The Hall–Kier alpha value is -2.91. The zero-order valence-corrected chi connectivity index (χ0v) is 15.3. The average Bonchev–Trinajstić information content (AvgIpc) is 2.62. The fourth-order valence-corrected chi connectivity index (χ4v) is 3.66. The second-order valence-corrected chi connectivity index (χ2v) is 6.96. The van der Waals surface area contributed by atoms with Crippen molar-refractivity contribution in [3.8, 4) is 17.2 Å². The van der Waals surface area contributed by atoms with Gasteiger partial charge >= 0.3 is 6.03 Å². The molecule has 2 aromatic rings. The van der Waals surface area contributed by atoms with Crippen molar-refractivity contribution in [2.45, 2.75) is 37.9 Å². The van der Waals surface area contributed by atoms with E-state index in [2.05, 4.69) is 11.4 Å². The van der Waals surface area contributed by atoms with Crippen LogP contribution in [0.25, 0.3) is 11.1 Å². The van der Waals surface area contributed by atoms with Gasteiger partial charge in [0, 0.05) is 12.0 Å². The van der Waals surface area contributed by atoms with Crippen LogP contribution in [0.1, 0.15) is 25.3 Å². The van der Waals surface area contributed by atoms with Gasteiger partial charge in [0.25, 0.3) is 0 Å². The molecule has 3 atom stereocenters. The number of nitrogens with one attached hydrogen (secondary N) is 1. The van der Waals surface area contributed by atoms with E-state index < -0.39 is 12.1 Å². The molecule has 1 saturated heterocycles. The van der Waals surface area contributed by atoms with Crippen LogP contribution >= 0.6 is 0 Å². The van der Waals surface area contributed by atoms with Crippen LogP contribution < -0.4 is 5.32 Å². The van der Waals surface area contributed by atoms with E-state index in [0.29, 0.717) is 0 Å². The summed E-state index contributed by atoms with van der Waals surface area (Å²) >= 11 is 0. The van der Waals surface area contributed by atoms with Crippen LogP contribution in [0.15, 0.2) is 48.5 Å². The maximum absolute atomic E-state index is 13.3. The quantitative estimate of drug-likeness (QED) is 0.871. The van der Waals surface area contributed by atoms with Gasteiger partial charge in [0.2, 0.25) is 0 Å². The molecule has 0 bridgehead atoms. The summed E-state index contributed by atoms with van der Waals surface area (Å²) < 4.78 is 13.3. The van der Waals surface area contributed by atoms with Gasteiger partial charge < -0.3 is 15.3 Å². The number of aliphatic hydroxyl groups excluding tert-OH is 1. The highest BCUT2D eigenvalue weighted by Crippen LogP contribution is 2.44. The monoisotopic (exact) mass is 367 g/mol. The number of hydrogen-bond acceptors (Lipinski definition) is 3. The summed E-state index contributed by atoms with van der Waals surface area (Å²) in [5.74, 6) is -0.640. The Kier molecular flexibility index (Phi) is 5.43. The molecule has 2 amide bonds. The standard InChI is InChI=1S/C21H22FN3O2/c1-13(2)24-21(27)25-18(11-23)20(19(25)12-26)17-6-4-3-5-16(17)14-7-9-15(22)10-8-14/h3-10,13,18-20,26H,12H2,1-2H3,(H,24,27)/t18-,19+,20-/m0/s1. The van der Waals surface area contributed by atoms with Crippen molar-refractivity contribution >= 4 is 6.03 Å². The van der Waals surface area contributed by atoms with Crippen LogP contribution in [0, 0.1) is 17.1 Å². The first kappa shape index (κ1) is 18.9. The summed E-state index contributed by atoms with van der Waals surface area (Å²) in [6.45, 7) is 3.44. The molecule has 1 fully saturated rings. The highest BCUT2D eigenvalue weighted by atomic mass is 19.1. The molecule has 140 valence electrons. The van der Waals surface area contributed by atoms with Gasteiger partial charge in [0.15, 0.2) is 0 Å². The van der Waals surface area contributed by atoms with Crippen molar-refractivity contribution in [1.82, 2.24) is 10.2 Å². The average molecular weight is 367 g/mol. The van der Waals surface area contributed by atoms with E-state index in [4.69, 9.17) is 0 Å². The summed E-state index contributed by atoms with van der Waals surface area (Å²) in [6.07, 6.45) is 0. The zero-order valence-electron chi connectivity index (χ0n) is 15.3. The van der Waals surface area contributed by atoms with Gasteiger partial charge in [-0.15, -0.1) is 0 Å². The fourth-order valence-electron chi connectivity index (χ4n) is 3.66. The topological polar surface area (TPSA) is 76.4 Å². The number of likely N-dealkylation sites (tertiary alicyclic amines) is 1. The second-order valence-electron chi connectivity index (χ2n) is 6.96. The zero-order chi connectivity index (χ0) is 19.6. The number of urea groups is 1. The molecular weight excluding hydrogens is 345 g/mol. The van der Waals surface area contributed by atoms with E-state index in [1.54, 1.807) is 12.1 Å². The molecule has 3 rings (SSSR count). The van der Waals surface area contributed by atoms with Gasteiger partial charge in [-0.1, -0.05) is 36.4 Å². The molecule has 0 unspecified atom stereocenters. The van der Waals surface area contributed by atoms with Crippen LogP contribution in [0.3, 0.4) is 0 Å². The lowest BCUT2D eigenvalue weighted by Gasteiger charge is -2.52. The van der Waals surface area contributed by atoms with Gasteiger partial charge in [-0.25, -0.2) is 9.18 Å². The normalized spacial score (nSPS) is 21.5.